The van der Waals surface area contributed by atoms with Gasteiger partial charge in [-0.15, -0.1) is 23.2 Å². The molecule has 0 saturated heterocycles. The van der Waals surface area contributed by atoms with Gasteiger partial charge >= 0.3 is 6.18 Å². The SMILES string of the molecule is O=C(COCC(F)(F)F)Nc1c(F)ccc(NC(=O)c2cc(NC(=O)C3CC3(Cl)Cl)ccc2Cl)c1F. The highest BCUT2D eigenvalue weighted by Crippen LogP contribution is 2.53. The smallest absolute Gasteiger partial charge is 0.362 e. The quantitative estimate of drug-likeness (QED) is 0.286. The number of benzene rings is 2. The van der Waals surface area contributed by atoms with Crippen LogP contribution in [0.1, 0.15) is 16.8 Å². The Kier molecular flexibility index (Phi) is 8.33. The molecule has 3 N–H and O–H groups in total. The van der Waals surface area contributed by atoms with Crippen LogP contribution in [0.25, 0.3) is 0 Å². The average Bonchev–Trinajstić information content (AvgIpc) is 3.41. The van der Waals surface area contributed by atoms with E-state index in [1.807, 2.05) is 0 Å². The van der Waals surface area contributed by atoms with E-state index in [2.05, 4.69) is 15.4 Å². The maximum Gasteiger partial charge on any atom is 0.411 e. The summed E-state index contributed by atoms with van der Waals surface area (Å²) >= 11 is 17.8. The molecule has 0 radical (unpaired) electrons. The molecule has 1 unspecified atom stereocenters. The third kappa shape index (κ3) is 7.19. The molecule has 36 heavy (non-hydrogen) atoms. The van der Waals surface area contributed by atoms with Gasteiger partial charge in [-0.1, -0.05) is 11.6 Å². The van der Waals surface area contributed by atoms with E-state index < -0.39 is 70.4 Å². The maximum atomic E-state index is 14.8. The summed E-state index contributed by atoms with van der Waals surface area (Å²) in [5, 5.41) is 6.36. The Labute approximate surface area is 215 Å². The van der Waals surface area contributed by atoms with Crippen LogP contribution in [0.5, 0.6) is 0 Å². The summed E-state index contributed by atoms with van der Waals surface area (Å²) in [4.78, 5) is 36.6. The Balaban J connectivity index is 1.71. The van der Waals surface area contributed by atoms with Crippen molar-refractivity contribution in [3.63, 3.8) is 0 Å². The number of amides is 3. The molecule has 3 amide bonds. The highest BCUT2D eigenvalue weighted by molar-refractivity contribution is 6.52. The summed E-state index contributed by atoms with van der Waals surface area (Å²) in [6, 6.07) is 5.46. The molecule has 0 aromatic heterocycles. The highest BCUT2D eigenvalue weighted by Gasteiger charge is 2.56. The molecule has 7 nitrogen and oxygen atoms in total. The van der Waals surface area contributed by atoms with Gasteiger partial charge in [-0.25, -0.2) is 8.78 Å². The number of halogens is 8. The fraction of sp³-hybridized carbons (Fsp3) is 0.286. The fourth-order valence-electron chi connectivity index (χ4n) is 2.89. The summed E-state index contributed by atoms with van der Waals surface area (Å²) in [7, 11) is 0. The van der Waals surface area contributed by atoms with E-state index in [-0.39, 0.29) is 22.7 Å². The van der Waals surface area contributed by atoms with Gasteiger partial charge in [-0.3, -0.25) is 14.4 Å². The van der Waals surface area contributed by atoms with Crippen molar-refractivity contribution in [2.45, 2.75) is 16.9 Å². The molecule has 2 aromatic carbocycles. The summed E-state index contributed by atoms with van der Waals surface area (Å²) < 4.78 is 68.1. The first-order chi connectivity index (χ1) is 16.7. The van der Waals surface area contributed by atoms with Gasteiger partial charge in [0, 0.05) is 5.69 Å². The molecule has 0 aliphatic heterocycles. The normalized spacial score (nSPS) is 16.3. The number of nitrogens with one attached hydrogen (secondary N) is 3. The second kappa shape index (κ2) is 10.8. The minimum atomic E-state index is -4.70. The van der Waals surface area contributed by atoms with E-state index in [4.69, 9.17) is 34.8 Å². The molecule has 0 heterocycles. The number of carbonyl (C=O) groups is 3. The van der Waals surface area contributed by atoms with Crippen LogP contribution in [-0.4, -0.2) is 41.4 Å². The first-order valence-corrected chi connectivity index (χ1v) is 11.0. The van der Waals surface area contributed by atoms with Crippen LogP contribution in [0.15, 0.2) is 30.3 Å². The topological polar surface area (TPSA) is 96.5 Å². The molecular formula is C21H15Cl3F5N3O4. The van der Waals surface area contributed by atoms with Gasteiger partial charge in [0.1, 0.15) is 29.1 Å². The average molecular weight is 575 g/mol. The number of anilines is 3. The van der Waals surface area contributed by atoms with Crippen LogP contribution in [-0.2, 0) is 14.3 Å². The lowest BCUT2D eigenvalue weighted by Gasteiger charge is -2.14. The molecule has 1 fully saturated rings. The summed E-state index contributed by atoms with van der Waals surface area (Å²) in [5.41, 5.74) is -1.62. The second-order valence-electron chi connectivity index (χ2n) is 7.60. The number of carbonyl (C=O) groups excluding carboxylic acids is 3. The maximum absolute atomic E-state index is 14.8. The minimum absolute atomic E-state index is 0.0705. The van der Waals surface area contributed by atoms with E-state index in [0.717, 1.165) is 6.07 Å². The van der Waals surface area contributed by atoms with Gasteiger partial charge in [0.25, 0.3) is 11.8 Å². The molecule has 1 saturated carbocycles. The third-order valence-electron chi connectivity index (χ3n) is 4.72. The molecule has 1 atom stereocenters. The van der Waals surface area contributed by atoms with Crippen molar-refractivity contribution < 1.29 is 41.1 Å². The van der Waals surface area contributed by atoms with Gasteiger partial charge in [0.2, 0.25) is 5.91 Å². The van der Waals surface area contributed by atoms with E-state index in [1.54, 1.807) is 5.32 Å². The lowest BCUT2D eigenvalue weighted by atomic mass is 10.1. The van der Waals surface area contributed by atoms with Crippen molar-refractivity contribution >= 4 is 69.6 Å². The second-order valence-corrected chi connectivity index (χ2v) is 9.55. The van der Waals surface area contributed by atoms with Crippen molar-refractivity contribution in [2.75, 3.05) is 29.2 Å². The van der Waals surface area contributed by atoms with E-state index >= 15 is 0 Å². The van der Waals surface area contributed by atoms with Crippen LogP contribution in [0, 0.1) is 17.6 Å². The van der Waals surface area contributed by atoms with Crippen LogP contribution in [0.2, 0.25) is 5.02 Å². The minimum Gasteiger partial charge on any atom is -0.362 e. The molecule has 0 bridgehead atoms. The standard InChI is InChI=1S/C21H15Cl3F5N3O4/c22-12-2-1-9(30-19(35)11-6-20(11,23)24)5-10(12)18(34)31-14-4-3-13(25)17(16(14)26)32-15(33)7-36-8-21(27,28)29/h1-5,11H,6-8H2,(H,30,35)(H,31,34)(H,32,33). The van der Waals surface area contributed by atoms with Crippen molar-refractivity contribution in [1.29, 1.82) is 0 Å². The molecule has 194 valence electrons. The monoisotopic (exact) mass is 573 g/mol. The van der Waals surface area contributed by atoms with Gasteiger partial charge in [0.15, 0.2) is 5.82 Å². The predicted octanol–water partition coefficient (Wildman–Crippen LogP) is 5.52. The van der Waals surface area contributed by atoms with Gasteiger partial charge in [-0.2, -0.15) is 13.2 Å². The predicted molar refractivity (Wildman–Crippen MR) is 122 cm³/mol. The molecule has 2 aromatic rings. The Morgan fingerprint density at radius 1 is 1.06 bits per heavy atom. The Hall–Kier alpha value is -2.67. The van der Waals surface area contributed by atoms with Crippen molar-refractivity contribution in [3.8, 4) is 0 Å². The highest BCUT2D eigenvalue weighted by atomic mass is 35.5. The van der Waals surface area contributed by atoms with Crippen LogP contribution in [0.4, 0.5) is 39.0 Å². The van der Waals surface area contributed by atoms with Gasteiger partial charge in [-0.05, 0) is 36.8 Å². The zero-order valence-electron chi connectivity index (χ0n) is 17.7. The molecule has 15 heteroatoms. The number of hydrogen-bond acceptors (Lipinski definition) is 4. The first-order valence-electron chi connectivity index (χ1n) is 9.90. The summed E-state index contributed by atoms with van der Waals surface area (Å²) in [5.74, 6) is -6.02. The van der Waals surface area contributed by atoms with Crippen LogP contribution in [0.3, 0.4) is 0 Å². The summed E-state index contributed by atoms with van der Waals surface area (Å²) in [6.07, 6.45) is -4.45. The Morgan fingerprint density at radius 2 is 1.72 bits per heavy atom. The summed E-state index contributed by atoms with van der Waals surface area (Å²) in [6.45, 7) is -2.86. The van der Waals surface area contributed by atoms with Crippen LogP contribution >= 0.6 is 34.8 Å². The largest absolute Gasteiger partial charge is 0.411 e. The van der Waals surface area contributed by atoms with E-state index in [0.29, 0.717) is 6.07 Å². The van der Waals surface area contributed by atoms with E-state index in [1.165, 1.54) is 18.2 Å². The van der Waals surface area contributed by atoms with Gasteiger partial charge in [0.05, 0.1) is 22.2 Å². The third-order valence-corrected chi connectivity index (χ3v) is 5.89. The van der Waals surface area contributed by atoms with E-state index in [9.17, 15) is 36.3 Å². The molecule has 0 spiro atoms. The molecular weight excluding hydrogens is 560 g/mol. The Morgan fingerprint density at radius 3 is 2.33 bits per heavy atom. The van der Waals surface area contributed by atoms with Crippen molar-refractivity contribution in [3.05, 3.63) is 52.6 Å². The van der Waals surface area contributed by atoms with Crippen molar-refractivity contribution in [2.24, 2.45) is 5.92 Å². The van der Waals surface area contributed by atoms with Crippen molar-refractivity contribution in [1.82, 2.24) is 0 Å². The van der Waals surface area contributed by atoms with Gasteiger partial charge < -0.3 is 20.7 Å². The number of rotatable bonds is 8. The molecule has 3 rings (SSSR count). The number of ether oxygens (including phenoxy) is 1. The fourth-order valence-corrected chi connectivity index (χ4v) is 3.60. The number of hydrogen-bond donors (Lipinski definition) is 3. The first kappa shape index (κ1) is 27.9. The molecule has 1 aliphatic rings. The lowest BCUT2D eigenvalue weighted by Crippen LogP contribution is -2.25. The number of alkyl halides is 5. The zero-order valence-corrected chi connectivity index (χ0v) is 20.0. The zero-order chi connectivity index (χ0) is 26.8. The Bertz CT molecular complexity index is 1210. The molecule has 1 aliphatic carbocycles. The van der Waals surface area contributed by atoms with Crippen LogP contribution < -0.4 is 16.0 Å². The lowest BCUT2D eigenvalue weighted by molar-refractivity contribution is -0.174.